The fourth-order valence-corrected chi connectivity index (χ4v) is 5.66. The van der Waals surface area contributed by atoms with Crippen LogP contribution in [0.5, 0.6) is 0 Å². The first-order chi connectivity index (χ1) is 16.6. The smallest absolute Gasteiger partial charge is 0.339 e. The molecule has 1 saturated heterocycles. The van der Waals surface area contributed by atoms with Crippen LogP contribution in [0, 0.1) is 5.92 Å². The van der Waals surface area contributed by atoms with Gasteiger partial charge in [0.25, 0.3) is 5.91 Å². The van der Waals surface area contributed by atoms with Gasteiger partial charge in [-0.15, -0.1) is 0 Å². The summed E-state index contributed by atoms with van der Waals surface area (Å²) in [5.41, 5.74) is 0.924. The minimum atomic E-state index is -3.95. The van der Waals surface area contributed by atoms with Crippen LogP contribution in [0.2, 0.25) is 0 Å². The van der Waals surface area contributed by atoms with E-state index in [-0.39, 0.29) is 42.3 Å². The fraction of sp³-hybridized carbons (Fsp3) is 0.400. The summed E-state index contributed by atoms with van der Waals surface area (Å²) in [5.74, 6) is -2.10. The molecule has 0 aliphatic carbocycles. The molecule has 1 atom stereocenters. The van der Waals surface area contributed by atoms with Crippen molar-refractivity contribution in [3.05, 3.63) is 65.7 Å². The summed E-state index contributed by atoms with van der Waals surface area (Å²) in [4.78, 5) is 38.7. The van der Waals surface area contributed by atoms with Crippen LogP contribution in [-0.2, 0) is 35.6 Å². The number of sulfonamides is 1. The summed E-state index contributed by atoms with van der Waals surface area (Å²) in [5, 5.41) is 0. The lowest BCUT2D eigenvalue weighted by molar-refractivity contribution is -0.163. The number of methoxy groups -OCH3 is 1. The molecule has 2 aromatic carbocycles. The normalized spacial score (nSPS) is 15.7. The summed E-state index contributed by atoms with van der Waals surface area (Å²) >= 11 is 0. The van der Waals surface area contributed by atoms with E-state index in [9.17, 15) is 22.8 Å². The Balaban J connectivity index is 1.57. The van der Waals surface area contributed by atoms with E-state index < -0.39 is 34.0 Å². The van der Waals surface area contributed by atoms with E-state index in [2.05, 4.69) is 0 Å². The Morgan fingerprint density at radius 3 is 2.26 bits per heavy atom. The summed E-state index contributed by atoms with van der Waals surface area (Å²) in [7, 11) is -1.12. The van der Waals surface area contributed by atoms with Gasteiger partial charge in [0.1, 0.15) is 0 Å². The third-order valence-corrected chi connectivity index (χ3v) is 7.93. The molecule has 0 unspecified atom stereocenters. The van der Waals surface area contributed by atoms with E-state index in [0.717, 1.165) is 5.56 Å². The highest BCUT2D eigenvalue weighted by Gasteiger charge is 2.35. The third kappa shape index (κ3) is 6.26. The Morgan fingerprint density at radius 1 is 1.03 bits per heavy atom. The van der Waals surface area contributed by atoms with E-state index in [0.29, 0.717) is 6.54 Å². The number of nitrogens with zero attached hydrogens (tertiary/aromatic N) is 2. The van der Waals surface area contributed by atoms with Crippen LogP contribution < -0.4 is 0 Å². The number of hydrogen-bond acceptors (Lipinski definition) is 7. The van der Waals surface area contributed by atoms with Crippen molar-refractivity contribution in [1.29, 1.82) is 0 Å². The van der Waals surface area contributed by atoms with Crippen molar-refractivity contribution in [2.45, 2.75) is 37.3 Å². The van der Waals surface area contributed by atoms with Crippen molar-refractivity contribution >= 4 is 27.9 Å². The molecule has 9 nitrogen and oxygen atoms in total. The maximum Gasteiger partial charge on any atom is 0.339 e. The SMILES string of the molecule is COC(=O)c1ccccc1S(=O)(=O)N1CCC(C(=O)O[C@H](C)C(=O)N(C)Cc2ccccc2)CC1. The minimum absolute atomic E-state index is 0.0384. The molecule has 1 fully saturated rings. The van der Waals surface area contributed by atoms with Crippen molar-refractivity contribution in [3.63, 3.8) is 0 Å². The first-order valence-corrected chi connectivity index (χ1v) is 12.8. The van der Waals surface area contributed by atoms with Gasteiger partial charge in [0.05, 0.1) is 23.5 Å². The highest BCUT2D eigenvalue weighted by molar-refractivity contribution is 7.89. The number of esters is 2. The number of likely N-dealkylation sites (N-methyl/N-ethyl adjacent to an activating group) is 1. The van der Waals surface area contributed by atoms with E-state index >= 15 is 0 Å². The summed E-state index contributed by atoms with van der Waals surface area (Å²) in [6.45, 7) is 2.11. The van der Waals surface area contributed by atoms with Gasteiger partial charge in [-0.1, -0.05) is 42.5 Å². The van der Waals surface area contributed by atoms with Crippen LogP contribution in [-0.4, -0.2) is 68.8 Å². The van der Waals surface area contributed by atoms with Gasteiger partial charge in [-0.25, -0.2) is 13.2 Å². The average molecular weight is 503 g/mol. The maximum absolute atomic E-state index is 13.1. The van der Waals surface area contributed by atoms with E-state index in [1.54, 1.807) is 13.1 Å². The largest absolute Gasteiger partial charge is 0.465 e. The number of ether oxygens (including phenoxy) is 2. The summed E-state index contributed by atoms with van der Waals surface area (Å²) < 4.78 is 37.7. The molecule has 0 radical (unpaired) electrons. The van der Waals surface area contributed by atoms with E-state index in [1.807, 2.05) is 30.3 Å². The lowest BCUT2D eigenvalue weighted by Crippen LogP contribution is -2.43. The predicted octanol–water partition coefficient (Wildman–Crippen LogP) is 2.46. The van der Waals surface area contributed by atoms with Crippen molar-refractivity contribution < 1.29 is 32.3 Å². The molecular formula is C25H30N2O7S. The molecule has 1 aliphatic rings. The summed E-state index contributed by atoms with van der Waals surface area (Å²) in [6.07, 6.45) is -0.455. The topological polar surface area (TPSA) is 110 Å². The van der Waals surface area contributed by atoms with Crippen LogP contribution in [0.3, 0.4) is 0 Å². The van der Waals surface area contributed by atoms with Gasteiger partial charge >= 0.3 is 11.9 Å². The molecule has 1 heterocycles. The Bertz CT molecular complexity index is 1160. The second kappa shape index (κ2) is 11.5. The maximum atomic E-state index is 13.1. The average Bonchev–Trinajstić information content (AvgIpc) is 2.88. The molecule has 1 amide bonds. The van der Waals surface area contributed by atoms with Gasteiger partial charge in [0, 0.05) is 26.7 Å². The fourth-order valence-electron chi connectivity index (χ4n) is 4.01. The Hall–Kier alpha value is -3.24. The van der Waals surface area contributed by atoms with Crippen molar-refractivity contribution in [1.82, 2.24) is 9.21 Å². The highest BCUT2D eigenvalue weighted by atomic mass is 32.2. The van der Waals surface area contributed by atoms with Crippen LogP contribution in [0.15, 0.2) is 59.5 Å². The Morgan fingerprint density at radius 2 is 1.63 bits per heavy atom. The molecule has 0 bridgehead atoms. The first-order valence-electron chi connectivity index (χ1n) is 11.3. The lowest BCUT2D eigenvalue weighted by atomic mass is 9.98. The van der Waals surface area contributed by atoms with Gasteiger partial charge in [-0.05, 0) is 37.5 Å². The van der Waals surface area contributed by atoms with Crippen molar-refractivity contribution in [2.75, 3.05) is 27.2 Å². The van der Waals surface area contributed by atoms with E-state index in [4.69, 9.17) is 9.47 Å². The van der Waals surface area contributed by atoms with E-state index in [1.165, 1.54) is 41.4 Å². The molecule has 188 valence electrons. The van der Waals surface area contributed by atoms with Crippen LogP contribution in [0.4, 0.5) is 0 Å². The number of hydrogen-bond donors (Lipinski definition) is 0. The molecule has 35 heavy (non-hydrogen) atoms. The van der Waals surface area contributed by atoms with Crippen molar-refractivity contribution in [3.8, 4) is 0 Å². The van der Waals surface area contributed by atoms with Gasteiger partial charge in [0.15, 0.2) is 6.10 Å². The molecule has 2 aromatic rings. The number of rotatable bonds is 8. The predicted molar refractivity (Wildman–Crippen MR) is 128 cm³/mol. The Labute approximate surface area is 205 Å². The van der Waals surface area contributed by atoms with Crippen LogP contribution in [0.25, 0.3) is 0 Å². The first kappa shape index (κ1) is 26.4. The van der Waals surface area contributed by atoms with Gasteiger partial charge in [0.2, 0.25) is 10.0 Å². The van der Waals surface area contributed by atoms with Crippen LogP contribution in [0.1, 0.15) is 35.7 Å². The molecular weight excluding hydrogens is 472 g/mol. The molecule has 0 N–H and O–H groups in total. The number of benzene rings is 2. The number of piperidine rings is 1. The number of amides is 1. The standard InChI is InChI=1S/C25H30N2O7S/c1-18(23(28)26(2)17-19-9-5-4-6-10-19)34-24(29)20-13-15-27(16-14-20)35(31,32)22-12-8-7-11-21(22)25(30)33-3/h4-12,18,20H,13-17H2,1-3H3/t18-/m1/s1. The van der Waals surface area contributed by atoms with Gasteiger partial charge in [-0.2, -0.15) is 4.31 Å². The van der Waals surface area contributed by atoms with Crippen LogP contribution >= 0.6 is 0 Å². The lowest BCUT2D eigenvalue weighted by Gasteiger charge is -2.31. The quantitative estimate of drug-likeness (QED) is 0.510. The third-order valence-electron chi connectivity index (χ3n) is 5.98. The highest BCUT2D eigenvalue weighted by Crippen LogP contribution is 2.27. The van der Waals surface area contributed by atoms with Crippen molar-refractivity contribution in [2.24, 2.45) is 5.92 Å². The molecule has 0 aromatic heterocycles. The molecule has 1 aliphatic heterocycles. The van der Waals surface area contributed by atoms with Gasteiger partial charge in [-0.3, -0.25) is 9.59 Å². The number of carbonyl (C=O) groups is 3. The summed E-state index contributed by atoms with van der Waals surface area (Å²) in [6, 6.07) is 15.3. The van der Waals surface area contributed by atoms with Gasteiger partial charge < -0.3 is 14.4 Å². The zero-order valence-corrected chi connectivity index (χ0v) is 20.9. The second-order valence-corrected chi connectivity index (χ2v) is 10.3. The minimum Gasteiger partial charge on any atom is -0.465 e. The Kier molecular flexibility index (Phi) is 8.63. The zero-order chi connectivity index (χ0) is 25.6. The molecule has 3 rings (SSSR count). The molecule has 0 saturated carbocycles. The second-order valence-electron chi connectivity index (χ2n) is 8.43. The zero-order valence-electron chi connectivity index (χ0n) is 20.0. The molecule has 10 heteroatoms. The number of carbonyl (C=O) groups excluding carboxylic acids is 3. The monoisotopic (exact) mass is 502 g/mol. The molecule has 0 spiro atoms.